The lowest BCUT2D eigenvalue weighted by Crippen LogP contribution is -2.27. The van der Waals surface area contributed by atoms with Gasteiger partial charge in [0.15, 0.2) is 11.5 Å². The Morgan fingerprint density at radius 1 is 0.778 bits per heavy atom. The van der Waals surface area contributed by atoms with Crippen molar-refractivity contribution < 1.29 is 14.3 Å². The summed E-state index contributed by atoms with van der Waals surface area (Å²) >= 11 is 0. The number of fused-ring (bicyclic) bond motifs is 1. The molecule has 0 aliphatic heterocycles. The number of hydrogen-bond acceptors (Lipinski definition) is 4. The van der Waals surface area contributed by atoms with Gasteiger partial charge in [-0.2, -0.15) is 0 Å². The highest BCUT2D eigenvalue weighted by Crippen LogP contribution is 2.28. The van der Waals surface area contributed by atoms with Gasteiger partial charge in [0.1, 0.15) is 0 Å². The predicted molar refractivity (Wildman–Crippen MR) is 142 cm³/mol. The summed E-state index contributed by atoms with van der Waals surface area (Å²) in [5.41, 5.74) is 2.26. The molecule has 36 heavy (non-hydrogen) atoms. The first-order valence-corrected chi connectivity index (χ1v) is 11.4. The standard InChI is InChI=1S/C30H24N2O4/c1-35-27-16-12-21(18-28(27)36-2)13-17-29(33)32-26(20-31(30(32)34)25-10-4-3-5-11-25)24-15-14-22-8-6-7-9-23(22)19-24/h3-20H,1-2H3/b17-13+. The molecular weight excluding hydrogens is 452 g/mol. The van der Waals surface area contributed by atoms with Crippen LogP contribution in [0.3, 0.4) is 0 Å². The van der Waals surface area contributed by atoms with Gasteiger partial charge in [0.2, 0.25) is 0 Å². The second kappa shape index (κ2) is 9.80. The predicted octanol–water partition coefficient (Wildman–Crippen LogP) is 5.83. The molecule has 0 aliphatic carbocycles. The van der Waals surface area contributed by atoms with Gasteiger partial charge in [0.05, 0.1) is 25.6 Å². The van der Waals surface area contributed by atoms with Crippen molar-refractivity contribution in [2.75, 3.05) is 14.2 Å². The van der Waals surface area contributed by atoms with Crippen LogP contribution in [-0.2, 0) is 0 Å². The van der Waals surface area contributed by atoms with Crippen LogP contribution in [0.1, 0.15) is 10.4 Å². The van der Waals surface area contributed by atoms with Crippen molar-refractivity contribution in [2.45, 2.75) is 0 Å². The Morgan fingerprint density at radius 2 is 1.50 bits per heavy atom. The Labute approximate surface area is 208 Å². The number of hydrogen-bond donors (Lipinski definition) is 0. The Balaban J connectivity index is 1.61. The van der Waals surface area contributed by atoms with Crippen molar-refractivity contribution in [3.63, 3.8) is 0 Å². The summed E-state index contributed by atoms with van der Waals surface area (Å²) < 4.78 is 13.3. The molecule has 1 heterocycles. The highest BCUT2D eigenvalue weighted by atomic mass is 16.5. The van der Waals surface area contributed by atoms with E-state index in [1.54, 1.807) is 38.6 Å². The fraction of sp³-hybridized carbons (Fsp3) is 0.0667. The second-order valence-electron chi connectivity index (χ2n) is 8.19. The highest BCUT2D eigenvalue weighted by Gasteiger charge is 2.18. The average Bonchev–Trinajstić information content (AvgIpc) is 3.28. The van der Waals surface area contributed by atoms with E-state index >= 15 is 0 Å². The molecule has 5 aromatic rings. The van der Waals surface area contributed by atoms with E-state index in [1.807, 2.05) is 78.9 Å². The molecule has 0 radical (unpaired) electrons. The molecule has 0 spiro atoms. The molecule has 0 unspecified atom stereocenters. The van der Waals surface area contributed by atoms with Crippen molar-refractivity contribution in [3.05, 3.63) is 119 Å². The molecule has 6 nitrogen and oxygen atoms in total. The molecule has 0 saturated heterocycles. The van der Waals surface area contributed by atoms with Crippen LogP contribution in [0.15, 0.2) is 108 Å². The number of carbonyl (C=O) groups excluding carboxylic acids is 1. The van der Waals surface area contributed by atoms with Crippen LogP contribution in [0.5, 0.6) is 11.5 Å². The van der Waals surface area contributed by atoms with E-state index in [0.717, 1.165) is 21.9 Å². The molecule has 0 fully saturated rings. The summed E-state index contributed by atoms with van der Waals surface area (Å²) in [6.45, 7) is 0. The number of carbonyl (C=O) groups is 1. The lowest BCUT2D eigenvalue weighted by Gasteiger charge is -2.08. The van der Waals surface area contributed by atoms with Crippen molar-refractivity contribution in [2.24, 2.45) is 0 Å². The zero-order chi connectivity index (χ0) is 25.1. The number of para-hydroxylation sites is 1. The van der Waals surface area contributed by atoms with E-state index in [1.165, 1.54) is 15.2 Å². The molecule has 1 aromatic heterocycles. The van der Waals surface area contributed by atoms with Gasteiger partial charge in [0, 0.05) is 17.8 Å². The molecule has 0 atom stereocenters. The normalized spacial score (nSPS) is 11.2. The molecule has 0 bridgehead atoms. The number of allylic oxidation sites excluding steroid dienone is 1. The van der Waals surface area contributed by atoms with Crippen molar-refractivity contribution in [1.29, 1.82) is 0 Å². The fourth-order valence-electron chi connectivity index (χ4n) is 4.18. The number of aromatic nitrogens is 2. The van der Waals surface area contributed by atoms with Crippen molar-refractivity contribution in [1.82, 2.24) is 9.13 Å². The number of nitrogens with zero attached hydrogens (tertiary/aromatic N) is 2. The number of methoxy groups -OCH3 is 2. The number of rotatable bonds is 6. The van der Waals surface area contributed by atoms with Crippen LogP contribution in [0.4, 0.5) is 0 Å². The van der Waals surface area contributed by atoms with E-state index in [9.17, 15) is 9.59 Å². The van der Waals surface area contributed by atoms with Crippen LogP contribution >= 0.6 is 0 Å². The minimum atomic E-state index is -0.451. The molecule has 5 rings (SSSR count). The Bertz CT molecular complexity index is 1650. The van der Waals surface area contributed by atoms with Gasteiger partial charge >= 0.3 is 5.69 Å². The summed E-state index contributed by atoms with van der Waals surface area (Å²) in [4.78, 5) is 26.9. The topological polar surface area (TPSA) is 62.5 Å². The van der Waals surface area contributed by atoms with Gasteiger partial charge in [-0.15, -0.1) is 0 Å². The Hall–Kier alpha value is -4.84. The van der Waals surface area contributed by atoms with Crippen LogP contribution in [0, 0.1) is 0 Å². The molecule has 0 saturated carbocycles. The van der Waals surface area contributed by atoms with E-state index < -0.39 is 11.6 Å². The Morgan fingerprint density at radius 3 is 2.25 bits per heavy atom. The number of ether oxygens (including phenoxy) is 2. The smallest absolute Gasteiger partial charge is 0.340 e. The zero-order valence-corrected chi connectivity index (χ0v) is 19.9. The van der Waals surface area contributed by atoms with Gasteiger partial charge in [-0.1, -0.05) is 60.7 Å². The third kappa shape index (κ3) is 4.32. The summed E-state index contributed by atoms with van der Waals surface area (Å²) in [5.74, 6) is 0.694. The van der Waals surface area contributed by atoms with E-state index in [-0.39, 0.29) is 0 Å². The lowest BCUT2D eigenvalue weighted by molar-refractivity contribution is 0.0967. The van der Waals surface area contributed by atoms with E-state index in [2.05, 4.69) is 0 Å². The lowest BCUT2D eigenvalue weighted by atomic mass is 10.1. The molecule has 178 valence electrons. The maximum atomic E-state index is 13.5. The first kappa shape index (κ1) is 22.9. The summed E-state index contributed by atoms with van der Waals surface area (Å²) in [5, 5.41) is 2.10. The first-order chi connectivity index (χ1) is 17.6. The van der Waals surface area contributed by atoms with Crippen LogP contribution in [-0.4, -0.2) is 29.3 Å². The molecule has 0 aliphatic rings. The summed E-state index contributed by atoms with van der Waals surface area (Å²) in [7, 11) is 3.12. The zero-order valence-electron chi connectivity index (χ0n) is 19.9. The van der Waals surface area contributed by atoms with Gasteiger partial charge in [-0.25, -0.2) is 9.36 Å². The minimum absolute atomic E-state index is 0.439. The Kier molecular flexibility index (Phi) is 6.24. The fourth-order valence-corrected chi connectivity index (χ4v) is 4.18. The quantitative estimate of drug-likeness (QED) is 0.289. The first-order valence-electron chi connectivity index (χ1n) is 11.4. The largest absolute Gasteiger partial charge is 0.493 e. The third-order valence-electron chi connectivity index (χ3n) is 6.02. The van der Waals surface area contributed by atoms with Crippen LogP contribution < -0.4 is 15.2 Å². The van der Waals surface area contributed by atoms with Gasteiger partial charge in [-0.3, -0.25) is 9.36 Å². The third-order valence-corrected chi connectivity index (χ3v) is 6.02. The van der Waals surface area contributed by atoms with Crippen LogP contribution in [0.2, 0.25) is 0 Å². The molecule has 0 amide bonds. The van der Waals surface area contributed by atoms with Crippen molar-refractivity contribution >= 4 is 22.8 Å². The molecule has 4 aromatic carbocycles. The number of imidazole rings is 1. The molecule has 6 heteroatoms. The van der Waals surface area contributed by atoms with Gasteiger partial charge < -0.3 is 9.47 Å². The van der Waals surface area contributed by atoms with Crippen LogP contribution in [0.25, 0.3) is 33.8 Å². The summed E-state index contributed by atoms with van der Waals surface area (Å²) in [6, 6.07) is 28.5. The van der Waals surface area contributed by atoms with Gasteiger partial charge in [0.25, 0.3) is 5.91 Å². The van der Waals surface area contributed by atoms with E-state index in [4.69, 9.17) is 9.47 Å². The number of benzene rings is 4. The SMILES string of the molecule is COc1ccc(/C=C/C(=O)n2c(-c3ccc4ccccc4c3)cn(-c3ccccc3)c2=O)cc1OC. The molecule has 0 N–H and O–H groups in total. The van der Waals surface area contributed by atoms with Crippen molar-refractivity contribution in [3.8, 4) is 28.4 Å². The summed E-state index contributed by atoms with van der Waals surface area (Å²) in [6.07, 6.45) is 4.76. The second-order valence-corrected chi connectivity index (χ2v) is 8.19. The maximum Gasteiger partial charge on any atom is 0.340 e. The van der Waals surface area contributed by atoms with Gasteiger partial charge in [-0.05, 0) is 52.7 Å². The minimum Gasteiger partial charge on any atom is -0.493 e. The highest BCUT2D eigenvalue weighted by molar-refractivity contribution is 5.97. The maximum absolute atomic E-state index is 13.5. The molecular formula is C30H24N2O4. The monoisotopic (exact) mass is 476 g/mol. The van der Waals surface area contributed by atoms with E-state index in [0.29, 0.717) is 22.9 Å². The average molecular weight is 477 g/mol.